The third-order valence-corrected chi connectivity index (χ3v) is 33.0. The second-order valence-electron chi connectivity index (χ2n) is 40.6. The maximum Gasteiger partial charge on any atom is 0.488 e. The van der Waals surface area contributed by atoms with Crippen molar-refractivity contribution in [2.24, 2.45) is 85.1 Å². The summed E-state index contributed by atoms with van der Waals surface area (Å²) < 4.78 is 105. The van der Waals surface area contributed by atoms with E-state index in [0.717, 1.165) is 112 Å². The van der Waals surface area contributed by atoms with E-state index >= 15 is 4.79 Å². The number of fused-ring (bicyclic) bond motifs is 18. The highest BCUT2D eigenvalue weighted by Gasteiger charge is 2.70. The van der Waals surface area contributed by atoms with Crippen molar-refractivity contribution in [3.8, 4) is 0 Å². The molecule has 6 aliphatic carbocycles. The summed E-state index contributed by atoms with van der Waals surface area (Å²) in [5.41, 5.74) is 5.57. The first-order chi connectivity index (χ1) is 62.0. The molecule has 0 bridgehead atoms. The van der Waals surface area contributed by atoms with E-state index in [9.17, 15) is 14.4 Å². The van der Waals surface area contributed by atoms with Crippen LogP contribution in [0.3, 0.4) is 0 Å². The van der Waals surface area contributed by atoms with E-state index in [0.29, 0.717) is 54.2 Å². The van der Waals surface area contributed by atoms with Gasteiger partial charge in [0, 0.05) is 139 Å². The average Bonchev–Trinajstić information content (AvgIpc) is 1.50. The number of ether oxygens (including phenoxy) is 16. The Morgan fingerprint density at radius 2 is 0.915 bits per heavy atom. The second kappa shape index (κ2) is 42.2. The highest BCUT2D eigenvalue weighted by molar-refractivity contribution is 6.58. The Balaban J connectivity index is 0.000000175. The Labute approximate surface area is 771 Å². The van der Waals surface area contributed by atoms with E-state index in [1.807, 2.05) is 57.6 Å². The third kappa shape index (κ3) is 20.0. The molecule has 10 heterocycles. The van der Waals surface area contributed by atoms with Crippen LogP contribution < -0.4 is 15.7 Å². The maximum atomic E-state index is 15.3. The molecule has 6 unspecified atom stereocenters. The van der Waals surface area contributed by atoms with Crippen molar-refractivity contribution < 1.29 is 105 Å². The predicted octanol–water partition coefficient (Wildman–Crippen LogP) is 11.4. The van der Waals surface area contributed by atoms with Crippen LogP contribution in [-0.4, -0.2) is 290 Å². The van der Waals surface area contributed by atoms with Gasteiger partial charge in [-0.05, 0) is 264 Å². The van der Waals surface area contributed by atoms with Crippen molar-refractivity contribution in [2.75, 3.05) is 75.7 Å². The van der Waals surface area contributed by atoms with E-state index in [1.165, 1.54) is 16.6 Å². The molecule has 8 aliphatic heterocycles. The largest absolute Gasteiger partial charge is 0.488 e. The van der Waals surface area contributed by atoms with Gasteiger partial charge in [-0.15, -0.1) is 0 Å². The topological polar surface area (TPSA) is 298 Å². The molecular weight excluding hydrogens is 1660 g/mol. The van der Waals surface area contributed by atoms with Crippen LogP contribution in [0.25, 0.3) is 21.8 Å². The Morgan fingerprint density at radius 1 is 0.477 bits per heavy atom. The van der Waals surface area contributed by atoms with Gasteiger partial charge < -0.3 is 115 Å². The molecule has 722 valence electrons. The number of hydrogen-bond donors (Lipinski definition) is 3. The van der Waals surface area contributed by atoms with Crippen molar-refractivity contribution in [1.82, 2.24) is 24.3 Å². The molecule has 130 heavy (non-hydrogen) atoms. The molecule has 18 rings (SSSR count). The third-order valence-electron chi connectivity index (χ3n) is 33.0. The number of allylic oxidation sites excluding steroid dienone is 4. The number of Topliss-reactive ketones (excluding diaryl/α,β-unsaturated/α-hetero) is 2. The van der Waals surface area contributed by atoms with Crippen molar-refractivity contribution in [2.45, 2.75) is 337 Å². The molecule has 0 spiro atoms. The zero-order chi connectivity index (χ0) is 91.6. The van der Waals surface area contributed by atoms with Crippen LogP contribution in [0.15, 0.2) is 84.2 Å². The molecule has 38 atom stereocenters. The van der Waals surface area contributed by atoms with Gasteiger partial charge in [0.05, 0.1) is 73.8 Å². The standard InChI is InChI=1S/C50H73N3O10.C41H66N2O10.C9H10BNO2.CH4/c1-11-31-13-12-14-40(63-42-18-17-38(51(5)6)27(3)59-42)26(2)46(55)37-24-34-33-22-32(62-50-49(58-10)48(57-9)47(56-8)28(4)60-50)23-36(33)44-45(43(34)35(37)25-41(54)61-31)53(44)30-15-16-39-29(21-30)19-20-52(39)7;1-10-23-12-11-13-31(53-33-15-14-30(43(5)6)21(3)49-33)20(2)37(45)29-18-26-25-16-24(52-41-40(48-9)39(47-8)38(46-7)22(4)50-41)17-28(25)35-36(42-35)34(26)27(29)19-32(44)51-23;1-11-5-4-7-6-8(10(12)13)2-3-9(7)11;/h15-16,19-21,24,26-28,31-36,38,40,42-45,47-50H,11-14,17-18,22-23,25H2,1-10H3;18,20-28,30-31,33-36,38-42H,10-17,19H2,1-9H3;2-6,12-13H,1H3;1H4/t26-,27?,28?,31+,32+,33+,34+,35-,36-,38+,40+,42+,43-,44+,45-,47+,48?,49+,50+,53?;20-,21?,22?,23+,24+,25+,26+,27-,28-,30+,31+,33+,34-,35+,36-,38+,39?,40+,41+;;/m11../s1. The van der Waals surface area contributed by atoms with Crippen LogP contribution >= 0.6 is 0 Å². The van der Waals surface area contributed by atoms with Crippen LogP contribution in [0.5, 0.6) is 0 Å². The minimum atomic E-state index is -1.38. The first-order valence-corrected chi connectivity index (χ1v) is 48.7. The zero-order valence-electron chi connectivity index (χ0n) is 80.0. The number of carbonyl (C=O) groups is 4. The van der Waals surface area contributed by atoms with Crippen molar-refractivity contribution in [3.63, 3.8) is 0 Å². The fourth-order valence-corrected chi connectivity index (χ4v) is 26.3. The quantitative estimate of drug-likeness (QED) is 0.0421. The van der Waals surface area contributed by atoms with Gasteiger partial charge in [0.1, 0.15) is 48.8 Å². The highest BCUT2D eigenvalue weighted by atomic mass is 16.7. The molecule has 29 heteroatoms. The number of hydrogen-bond acceptors (Lipinski definition) is 26. The lowest BCUT2D eigenvalue weighted by Gasteiger charge is -2.44. The van der Waals surface area contributed by atoms with Gasteiger partial charge in [0.2, 0.25) is 0 Å². The second-order valence-corrected chi connectivity index (χ2v) is 40.6. The summed E-state index contributed by atoms with van der Waals surface area (Å²) in [5, 5.41) is 23.9. The molecule has 14 aliphatic rings. The van der Waals surface area contributed by atoms with Crippen LogP contribution in [0.4, 0.5) is 5.69 Å². The van der Waals surface area contributed by atoms with Gasteiger partial charge >= 0.3 is 19.1 Å². The smallest absolute Gasteiger partial charge is 0.462 e. The van der Waals surface area contributed by atoms with Gasteiger partial charge in [-0.3, -0.25) is 19.2 Å². The van der Waals surface area contributed by atoms with Crippen LogP contribution in [0.1, 0.15) is 178 Å². The molecule has 4 saturated carbocycles. The van der Waals surface area contributed by atoms with Crippen LogP contribution in [-0.2, 0) is 109 Å². The molecule has 2 aromatic carbocycles. The van der Waals surface area contributed by atoms with Gasteiger partial charge in [-0.25, -0.2) is 0 Å². The number of benzene rings is 2. The van der Waals surface area contributed by atoms with E-state index in [4.69, 9.17) is 85.8 Å². The summed E-state index contributed by atoms with van der Waals surface area (Å²) in [5.74, 6) is 0.353. The van der Waals surface area contributed by atoms with E-state index in [1.54, 1.807) is 54.8 Å². The van der Waals surface area contributed by atoms with E-state index in [2.05, 4.69) is 130 Å². The number of nitrogens with zero attached hydrogens (tertiary/aromatic N) is 5. The van der Waals surface area contributed by atoms with Crippen molar-refractivity contribution in [3.05, 3.63) is 84.2 Å². The number of anilines is 1. The molecule has 3 N–H and O–H groups in total. The monoisotopic (exact) mass is 1810 g/mol. The average molecular weight is 1810 g/mol. The molecule has 2 aromatic heterocycles. The molecule has 0 radical (unpaired) electrons. The number of nitrogens with one attached hydrogen (secondary N) is 1. The Hall–Kier alpha value is -5.62. The molecule has 12 fully saturated rings. The summed E-state index contributed by atoms with van der Waals surface area (Å²) >= 11 is 0. The molecular formula is C101H153BN6O22. The number of ketones is 2. The number of rotatable bonds is 20. The lowest BCUT2D eigenvalue weighted by atomic mass is 9.66. The molecule has 8 saturated heterocycles. The molecule has 0 amide bonds. The summed E-state index contributed by atoms with van der Waals surface area (Å²) in [6.07, 6.45) is 16.5. The number of esters is 2. The highest BCUT2D eigenvalue weighted by Crippen LogP contribution is 2.66. The Bertz CT molecular complexity index is 4560. The fraction of sp³-hybridized carbons (Fsp3) is 0.762. The first kappa shape index (κ1) is 98.9. The van der Waals surface area contributed by atoms with Crippen LogP contribution in [0, 0.1) is 71.0 Å². The van der Waals surface area contributed by atoms with Crippen LogP contribution in [0.2, 0.25) is 0 Å². The van der Waals surface area contributed by atoms with Crippen molar-refractivity contribution in [1.29, 1.82) is 0 Å². The number of cyclic esters (lactones) is 2. The van der Waals surface area contributed by atoms with Gasteiger partial charge in [-0.2, -0.15) is 0 Å². The summed E-state index contributed by atoms with van der Waals surface area (Å²) in [7, 11) is 21.1. The summed E-state index contributed by atoms with van der Waals surface area (Å²) in [4.78, 5) is 64.8. The number of carbonyl (C=O) groups excluding carboxylic acids is 4. The molecule has 28 nitrogen and oxygen atoms in total. The molecule has 4 aromatic rings. The first-order valence-electron chi connectivity index (χ1n) is 48.7. The zero-order valence-corrected chi connectivity index (χ0v) is 80.0. The van der Waals surface area contributed by atoms with Gasteiger partial charge in [0.25, 0.3) is 0 Å². The van der Waals surface area contributed by atoms with E-state index in [-0.39, 0.29) is 207 Å². The lowest BCUT2D eigenvalue weighted by molar-refractivity contribution is -0.314. The SMILES string of the molecule is C.CC[C@H]1CCC[C@H](O[C@H]2CC[C@H](N(C)C)C(C)O2)[C@@H](C)C(=O)C2=C[C@H]3[C@@H]4C[C@H](O[C@@H]5OC(C)[C@H](OC)C(OC)[C@@H]5OC)C[C@H]4[C@@H]4N[C@@H]4[C@H]3[C@@H]2CC(=O)O1.CC[C@H]1CCC[C@H](O[C@H]2CC[C@H](N(C)C)C(C)O2)[C@@H](C)C(=O)C2=C[C@H]3[C@@H]4C[C@H](O[C@@H]5OC(C)[C@H](OC)C(OC)[C@@H]5OC)C[C@H]4[C@H]4[C@@H]([C@H]3[C@@H]2CC(=O)O1)N4c1ccc2c(ccn2C)c1.Cn1ccc2cc(B(O)O)ccc21. The Kier molecular flexibility index (Phi) is 32.1. The summed E-state index contributed by atoms with van der Waals surface area (Å²) in [6, 6.07) is 17.9. The van der Waals surface area contributed by atoms with E-state index < -0.39 is 37.8 Å². The van der Waals surface area contributed by atoms with Crippen molar-refractivity contribution >= 4 is 63.6 Å². The fourth-order valence-electron chi connectivity index (χ4n) is 26.3. The minimum absolute atomic E-state index is 0. The normalized spacial score (nSPS) is 41.8. The predicted molar refractivity (Wildman–Crippen MR) is 493 cm³/mol. The van der Waals surface area contributed by atoms with Gasteiger partial charge in [-0.1, -0.05) is 59.4 Å². The number of methoxy groups -OCH3 is 6. The minimum Gasteiger partial charge on any atom is -0.462 e. The number of aromatic nitrogens is 2. The number of aryl methyl sites for hydroxylation is 2. The van der Waals surface area contributed by atoms with Gasteiger partial charge in [0.15, 0.2) is 36.7 Å². The number of likely N-dealkylation sites (N-methyl/N-ethyl adjacent to an activating group) is 2. The Morgan fingerprint density at radius 3 is 1.37 bits per heavy atom. The summed E-state index contributed by atoms with van der Waals surface area (Å²) in [6.45, 7) is 16.5. The lowest BCUT2D eigenvalue weighted by Crippen LogP contribution is -2.59. The maximum absolute atomic E-state index is 15.3.